The summed E-state index contributed by atoms with van der Waals surface area (Å²) in [6, 6.07) is 19.1. The van der Waals surface area contributed by atoms with Crippen LogP contribution in [0.2, 0.25) is 0 Å². The van der Waals surface area contributed by atoms with Gasteiger partial charge in [0.15, 0.2) is 0 Å². The Balaban J connectivity index is 2.10. The fraction of sp³-hybridized carbons (Fsp3) is 0.174. The summed E-state index contributed by atoms with van der Waals surface area (Å²) in [5.41, 5.74) is 1.54. The molecular weight excluding hydrogens is 368 g/mol. The molecule has 1 aromatic heterocycles. The average molecular weight is 390 g/mol. The van der Waals surface area contributed by atoms with Gasteiger partial charge in [0.2, 0.25) is 5.88 Å². The van der Waals surface area contributed by atoms with Crippen LogP contribution in [0.4, 0.5) is 0 Å². The van der Waals surface area contributed by atoms with E-state index in [4.69, 9.17) is 9.47 Å². The summed E-state index contributed by atoms with van der Waals surface area (Å²) in [6.07, 6.45) is 3.55. The number of carbonyl (C=O) groups excluding carboxylic acids is 1. The lowest BCUT2D eigenvalue weighted by molar-refractivity contribution is -0.141. The first-order valence-electron chi connectivity index (χ1n) is 9.21. The third-order valence-electron chi connectivity index (χ3n) is 4.16. The number of ether oxygens (including phenoxy) is 2. The van der Waals surface area contributed by atoms with Gasteiger partial charge in [0.25, 0.3) is 5.56 Å². The number of esters is 1. The van der Waals surface area contributed by atoms with E-state index in [9.17, 15) is 9.59 Å². The van der Waals surface area contributed by atoms with Crippen LogP contribution in [-0.2, 0) is 16.6 Å². The molecule has 29 heavy (non-hydrogen) atoms. The number of hydrogen-bond donors (Lipinski definition) is 0. The average Bonchev–Trinajstić information content (AvgIpc) is 2.73. The first kappa shape index (κ1) is 20.1. The Bertz CT molecular complexity index is 1150. The first-order chi connectivity index (χ1) is 14.0. The Hall–Kier alpha value is -3.67. The summed E-state index contributed by atoms with van der Waals surface area (Å²) in [5.74, 6) is -0.0820. The molecular formula is C23H22N2O4. The van der Waals surface area contributed by atoms with Gasteiger partial charge < -0.3 is 14.0 Å². The van der Waals surface area contributed by atoms with Crippen LogP contribution in [0.15, 0.2) is 65.5 Å². The van der Waals surface area contributed by atoms with Crippen LogP contribution in [0.25, 0.3) is 12.2 Å². The summed E-state index contributed by atoms with van der Waals surface area (Å²) < 4.78 is 12.2. The van der Waals surface area contributed by atoms with Crippen molar-refractivity contribution in [1.29, 1.82) is 0 Å². The van der Waals surface area contributed by atoms with Crippen molar-refractivity contribution in [3.05, 3.63) is 92.8 Å². The Morgan fingerprint density at radius 3 is 2.14 bits per heavy atom. The van der Waals surface area contributed by atoms with E-state index in [1.165, 1.54) is 11.5 Å². The fourth-order valence-electron chi connectivity index (χ4n) is 2.74. The van der Waals surface area contributed by atoms with Gasteiger partial charge in [0.1, 0.15) is 23.9 Å². The molecule has 0 radical (unpaired) electrons. The zero-order chi connectivity index (χ0) is 20.6. The van der Waals surface area contributed by atoms with E-state index in [2.05, 4.69) is 4.98 Å². The van der Waals surface area contributed by atoms with E-state index in [1.54, 1.807) is 13.1 Å². The molecule has 0 spiro atoms. The molecule has 6 heteroatoms. The topological polar surface area (TPSA) is 70.4 Å². The minimum Gasteiger partial charge on any atom is -0.473 e. The van der Waals surface area contributed by atoms with Gasteiger partial charge in [-0.3, -0.25) is 9.59 Å². The lowest BCUT2D eigenvalue weighted by atomic mass is 10.2. The molecule has 2 aromatic carbocycles. The predicted molar refractivity (Wildman–Crippen MR) is 111 cm³/mol. The first-order valence-corrected chi connectivity index (χ1v) is 9.21. The second kappa shape index (κ2) is 9.50. The number of rotatable bonds is 6. The summed E-state index contributed by atoms with van der Waals surface area (Å²) >= 11 is 0. The van der Waals surface area contributed by atoms with Crippen molar-refractivity contribution in [3.63, 3.8) is 0 Å². The number of hydrogen-bond acceptors (Lipinski definition) is 5. The third-order valence-corrected chi connectivity index (χ3v) is 4.16. The molecule has 0 aliphatic rings. The van der Waals surface area contributed by atoms with Crippen LogP contribution in [0.5, 0.6) is 5.88 Å². The van der Waals surface area contributed by atoms with Crippen LogP contribution in [0.1, 0.15) is 18.1 Å². The van der Waals surface area contributed by atoms with E-state index in [0.717, 1.165) is 11.1 Å². The van der Waals surface area contributed by atoms with Gasteiger partial charge in [-0.05, 0) is 23.3 Å². The second-order valence-corrected chi connectivity index (χ2v) is 6.35. The highest BCUT2D eigenvalue weighted by Gasteiger charge is 2.08. The van der Waals surface area contributed by atoms with Crippen LogP contribution >= 0.6 is 0 Å². The van der Waals surface area contributed by atoms with Gasteiger partial charge in [-0.15, -0.1) is 0 Å². The smallest absolute Gasteiger partial charge is 0.302 e. The van der Waals surface area contributed by atoms with Gasteiger partial charge in [-0.2, -0.15) is 0 Å². The number of aromatic nitrogens is 2. The Morgan fingerprint density at radius 1 is 0.966 bits per heavy atom. The zero-order valence-corrected chi connectivity index (χ0v) is 16.4. The summed E-state index contributed by atoms with van der Waals surface area (Å²) in [6.45, 7) is 1.57. The highest BCUT2D eigenvalue weighted by molar-refractivity contribution is 5.65. The molecule has 0 atom stereocenters. The predicted octanol–water partition coefficient (Wildman–Crippen LogP) is 1.38. The van der Waals surface area contributed by atoms with Gasteiger partial charge in [0.05, 0.1) is 0 Å². The van der Waals surface area contributed by atoms with Gasteiger partial charge in [-0.25, -0.2) is 4.98 Å². The summed E-state index contributed by atoms with van der Waals surface area (Å²) in [4.78, 5) is 28.3. The Labute approximate surface area is 168 Å². The molecule has 0 amide bonds. The Kier molecular flexibility index (Phi) is 6.58. The van der Waals surface area contributed by atoms with E-state index < -0.39 is 0 Å². The van der Waals surface area contributed by atoms with Crippen LogP contribution in [0, 0.1) is 0 Å². The van der Waals surface area contributed by atoms with E-state index >= 15 is 0 Å². The maximum Gasteiger partial charge on any atom is 0.302 e. The molecule has 0 saturated carbocycles. The van der Waals surface area contributed by atoms with Crippen molar-refractivity contribution >= 4 is 18.1 Å². The maximum absolute atomic E-state index is 12.9. The lowest BCUT2D eigenvalue weighted by Crippen LogP contribution is -2.44. The van der Waals surface area contributed by atoms with E-state index in [1.807, 2.05) is 66.7 Å². The second-order valence-electron chi connectivity index (χ2n) is 6.35. The van der Waals surface area contributed by atoms with Crippen LogP contribution in [-0.4, -0.2) is 28.7 Å². The maximum atomic E-state index is 12.9. The Morgan fingerprint density at radius 2 is 1.55 bits per heavy atom. The molecule has 0 fully saturated rings. The highest BCUT2D eigenvalue weighted by atomic mass is 16.6. The van der Waals surface area contributed by atoms with Crippen LogP contribution in [0.3, 0.4) is 0 Å². The molecule has 6 nitrogen and oxygen atoms in total. The normalized spacial score (nSPS) is 12.1. The highest BCUT2D eigenvalue weighted by Crippen LogP contribution is 2.02. The number of nitrogens with zero attached hydrogens (tertiary/aromatic N) is 2. The number of carbonyl (C=O) groups is 1. The molecule has 0 aliphatic carbocycles. The van der Waals surface area contributed by atoms with Crippen molar-refractivity contribution in [1.82, 2.24) is 9.55 Å². The minimum atomic E-state index is -0.379. The third kappa shape index (κ3) is 5.42. The van der Waals surface area contributed by atoms with Crippen molar-refractivity contribution in [2.24, 2.45) is 7.05 Å². The molecule has 0 N–H and O–H groups in total. The van der Waals surface area contributed by atoms with E-state index in [0.29, 0.717) is 11.2 Å². The largest absolute Gasteiger partial charge is 0.473 e. The fourth-order valence-corrected chi connectivity index (χ4v) is 2.74. The van der Waals surface area contributed by atoms with Crippen LogP contribution < -0.4 is 21.0 Å². The van der Waals surface area contributed by atoms with Gasteiger partial charge >= 0.3 is 5.97 Å². The summed E-state index contributed by atoms with van der Waals surface area (Å²) in [5, 5.41) is 0.806. The molecule has 0 saturated heterocycles. The lowest BCUT2D eigenvalue weighted by Gasteiger charge is -2.09. The molecule has 0 bridgehead atoms. The monoisotopic (exact) mass is 390 g/mol. The molecule has 0 unspecified atom stereocenters. The quantitative estimate of drug-likeness (QED) is 0.470. The summed E-state index contributed by atoms with van der Waals surface area (Å²) in [7, 11) is 1.68. The zero-order valence-electron chi connectivity index (χ0n) is 16.4. The molecule has 3 aromatic rings. The SMILES string of the molecule is CC(=O)OCCOc1n/c(=C\c2ccccc2)c(=O)n(C)/c1=C\c1ccccc1. The standard InChI is InChI=1S/C23H22N2O4/c1-17(26)28-13-14-29-22-21(16-19-11-7-4-8-12-19)25(2)23(27)20(24-22)15-18-9-5-3-6-10-18/h3-12,15-16H,13-14H2,1-2H3/b20-15-,21-16-. The van der Waals surface area contributed by atoms with Gasteiger partial charge in [0, 0.05) is 14.0 Å². The number of benzene rings is 2. The molecule has 1 heterocycles. The minimum absolute atomic E-state index is 0.0996. The van der Waals surface area contributed by atoms with E-state index in [-0.39, 0.29) is 30.1 Å². The molecule has 3 rings (SSSR count). The van der Waals surface area contributed by atoms with Crippen molar-refractivity contribution < 1.29 is 14.3 Å². The van der Waals surface area contributed by atoms with Crippen molar-refractivity contribution in [2.45, 2.75) is 6.92 Å². The molecule has 148 valence electrons. The van der Waals surface area contributed by atoms with Crippen molar-refractivity contribution in [3.8, 4) is 5.88 Å². The molecule has 0 aliphatic heterocycles. The van der Waals surface area contributed by atoms with Crippen molar-refractivity contribution in [2.75, 3.05) is 13.2 Å². The van der Waals surface area contributed by atoms with Gasteiger partial charge in [-0.1, -0.05) is 60.7 Å².